The molecule has 3 heteroatoms. The first-order valence-corrected chi connectivity index (χ1v) is 10.4. The van der Waals surface area contributed by atoms with E-state index < -0.39 is 11.5 Å². The van der Waals surface area contributed by atoms with Gasteiger partial charge in [0.2, 0.25) is 0 Å². The van der Waals surface area contributed by atoms with Gasteiger partial charge < -0.3 is 9.84 Å². The summed E-state index contributed by atoms with van der Waals surface area (Å²) in [6, 6.07) is 0. The zero-order valence-electron chi connectivity index (χ0n) is 17.6. The molecule has 0 aromatic rings. The Labute approximate surface area is 159 Å². The third kappa shape index (κ3) is 2.57. The maximum atomic E-state index is 13.7. The highest BCUT2D eigenvalue weighted by molar-refractivity contribution is 5.88. The number of rotatable bonds is 3. The number of hydrogen-bond donors (Lipinski definition) is 1. The number of hydrogen-bond acceptors (Lipinski definition) is 3. The van der Waals surface area contributed by atoms with E-state index in [1.807, 2.05) is 6.92 Å². The molecule has 3 saturated carbocycles. The molecule has 8 atom stereocenters. The molecule has 0 saturated heterocycles. The van der Waals surface area contributed by atoms with Gasteiger partial charge in [-0.15, -0.1) is 6.58 Å². The number of ether oxygens (including phenoxy) is 1. The first-order chi connectivity index (χ1) is 12.0. The maximum absolute atomic E-state index is 13.7. The Morgan fingerprint density at radius 3 is 2.46 bits per heavy atom. The van der Waals surface area contributed by atoms with Crippen LogP contribution in [0.25, 0.3) is 0 Å². The van der Waals surface area contributed by atoms with Crippen LogP contribution in [0.5, 0.6) is 0 Å². The van der Waals surface area contributed by atoms with E-state index in [4.69, 9.17) is 4.74 Å². The lowest BCUT2D eigenvalue weighted by molar-refractivity contribution is -0.191. The third-order valence-electron chi connectivity index (χ3n) is 8.87. The number of ketones is 1. The second-order valence-electron chi connectivity index (χ2n) is 10.3. The predicted molar refractivity (Wildman–Crippen MR) is 105 cm³/mol. The minimum absolute atomic E-state index is 0.0105. The van der Waals surface area contributed by atoms with Gasteiger partial charge in [-0.3, -0.25) is 4.79 Å². The molecule has 0 heterocycles. The summed E-state index contributed by atoms with van der Waals surface area (Å²) in [6.07, 6.45) is 5.09. The van der Waals surface area contributed by atoms with Gasteiger partial charge in [0.25, 0.3) is 0 Å². The zero-order valence-corrected chi connectivity index (χ0v) is 17.6. The van der Waals surface area contributed by atoms with Crippen molar-refractivity contribution >= 4 is 5.78 Å². The highest BCUT2D eigenvalue weighted by atomic mass is 16.5. The van der Waals surface area contributed by atoms with E-state index in [-0.39, 0.29) is 28.8 Å². The molecule has 1 N–H and O–H groups in total. The van der Waals surface area contributed by atoms with Crippen LogP contribution in [0.4, 0.5) is 0 Å². The summed E-state index contributed by atoms with van der Waals surface area (Å²) in [5, 5.41) is 11.5. The second kappa shape index (κ2) is 6.44. The SMILES string of the molecule is C=C(C)C[C@]1(C)C[C@@H](O)[C@@]2(C)C3C(OC)CCC3(CC[C@H]2C)[C@@H](C)C1=O. The summed E-state index contributed by atoms with van der Waals surface area (Å²) in [5.74, 6) is 1.03. The fraction of sp³-hybridized carbons (Fsp3) is 0.870. The lowest BCUT2D eigenvalue weighted by Crippen LogP contribution is -2.62. The van der Waals surface area contributed by atoms with Crippen LogP contribution in [-0.2, 0) is 9.53 Å². The Hall–Kier alpha value is -0.670. The van der Waals surface area contributed by atoms with Crippen LogP contribution in [0, 0.1) is 34.0 Å². The molecule has 3 fully saturated rings. The first kappa shape index (κ1) is 20.1. The molecule has 26 heavy (non-hydrogen) atoms. The van der Waals surface area contributed by atoms with Gasteiger partial charge in [-0.1, -0.05) is 33.3 Å². The summed E-state index contributed by atoms with van der Waals surface area (Å²) >= 11 is 0. The molecule has 148 valence electrons. The molecule has 0 radical (unpaired) electrons. The van der Waals surface area contributed by atoms with Crippen LogP contribution >= 0.6 is 0 Å². The molecule has 3 aliphatic rings. The van der Waals surface area contributed by atoms with Gasteiger partial charge in [-0.25, -0.2) is 0 Å². The van der Waals surface area contributed by atoms with Crippen LogP contribution < -0.4 is 0 Å². The van der Waals surface area contributed by atoms with Crippen molar-refractivity contribution < 1.29 is 14.6 Å². The third-order valence-corrected chi connectivity index (χ3v) is 8.87. The molecular formula is C23H38O3. The van der Waals surface area contributed by atoms with E-state index in [1.54, 1.807) is 7.11 Å². The molecule has 2 bridgehead atoms. The largest absolute Gasteiger partial charge is 0.393 e. The van der Waals surface area contributed by atoms with E-state index in [9.17, 15) is 9.90 Å². The fourth-order valence-electron chi connectivity index (χ4n) is 7.35. The van der Waals surface area contributed by atoms with Gasteiger partial charge in [-0.05, 0) is 62.7 Å². The van der Waals surface area contributed by atoms with E-state index in [2.05, 4.69) is 34.3 Å². The average Bonchev–Trinajstić information content (AvgIpc) is 2.96. The lowest BCUT2D eigenvalue weighted by atomic mass is 9.43. The number of methoxy groups -OCH3 is 1. The van der Waals surface area contributed by atoms with Crippen LogP contribution in [0.3, 0.4) is 0 Å². The Morgan fingerprint density at radius 1 is 1.27 bits per heavy atom. The Kier molecular flexibility index (Phi) is 4.98. The summed E-state index contributed by atoms with van der Waals surface area (Å²) in [7, 11) is 1.80. The predicted octanol–water partition coefficient (Wildman–Crippen LogP) is 4.78. The molecule has 0 aliphatic heterocycles. The Morgan fingerprint density at radius 2 is 1.88 bits per heavy atom. The van der Waals surface area contributed by atoms with Crippen molar-refractivity contribution in [2.45, 2.75) is 85.4 Å². The van der Waals surface area contributed by atoms with Gasteiger partial charge in [0.15, 0.2) is 0 Å². The molecule has 0 aromatic heterocycles. The minimum Gasteiger partial charge on any atom is -0.393 e. The number of allylic oxidation sites excluding steroid dienone is 1. The van der Waals surface area contributed by atoms with Crippen molar-refractivity contribution in [1.82, 2.24) is 0 Å². The monoisotopic (exact) mass is 362 g/mol. The van der Waals surface area contributed by atoms with Gasteiger partial charge in [0.05, 0.1) is 12.2 Å². The Balaban J connectivity index is 2.17. The Bertz CT molecular complexity index is 598. The number of aliphatic hydroxyl groups excluding tert-OH is 1. The van der Waals surface area contributed by atoms with Gasteiger partial charge in [0, 0.05) is 23.9 Å². The summed E-state index contributed by atoms with van der Waals surface area (Å²) in [6.45, 7) is 14.9. The van der Waals surface area contributed by atoms with Crippen LogP contribution in [-0.4, -0.2) is 30.2 Å². The molecule has 0 amide bonds. The second-order valence-corrected chi connectivity index (χ2v) is 10.3. The smallest absolute Gasteiger partial charge is 0.142 e. The summed E-state index contributed by atoms with van der Waals surface area (Å²) in [4.78, 5) is 13.7. The molecule has 0 aromatic carbocycles. The van der Waals surface area contributed by atoms with Crippen molar-refractivity contribution in [1.29, 1.82) is 0 Å². The van der Waals surface area contributed by atoms with Crippen molar-refractivity contribution in [3.63, 3.8) is 0 Å². The van der Waals surface area contributed by atoms with Crippen molar-refractivity contribution in [3.05, 3.63) is 12.2 Å². The van der Waals surface area contributed by atoms with Crippen LogP contribution in [0.15, 0.2) is 12.2 Å². The van der Waals surface area contributed by atoms with Crippen molar-refractivity contribution in [2.75, 3.05) is 7.11 Å². The number of Topliss-reactive ketones (excluding diaryl/α,β-unsaturated/α-hetero) is 1. The summed E-state index contributed by atoms with van der Waals surface area (Å²) < 4.78 is 5.93. The topological polar surface area (TPSA) is 46.5 Å². The van der Waals surface area contributed by atoms with Crippen molar-refractivity contribution in [2.24, 2.45) is 34.0 Å². The minimum atomic E-state index is -0.522. The molecule has 3 aliphatic carbocycles. The molecule has 3 nitrogen and oxygen atoms in total. The van der Waals surface area contributed by atoms with E-state index in [0.29, 0.717) is 24.5 Å². The molecular weight excluding hydrogens is 324 g/mol. The molecule has 3 rings (SSSR count). The quantitative estimate of drug-likeness (QED) is 0.735. The number of carbonyl (C=O) groups excluding carboxylic acids is 1. The normalized spacial score (nSPS) is 51.5. The van der Waals surface area contributed by atoms with E-state index in [0.717, 1.165) is 31.3 Å². The van der Waals surface area contributed by atoms with Crippen LogP contribution in [0.1, 0.15) is 73.1 Å². The highest BCUT2D eigenvalue weighted by Gasteiger charge is 2.67. The van der Waals surface area contributed by atoms with Crippen molar-refractivity contribution in [3.8, 4) is 0 Å². The average molecular weight is 363 g/mol. The number of carbonyl (C=O) groups is 1. The number of aliphatic hydroxyl groups is 1. The zero-order chi connectivity index (χ0) is 19.5. The first-order valence-electron chi connectivity index (χ1n) is 10.4. The van der Waals surface area contributed by atoms with Gasteiger partial charge in [-0.2, -0.15) is 0 Å². The van der Waals surface area contributed by atoms with E-state index >= 15 is 0 Å². The van der Waals surface area contributed by atoms with Gasteiger partial charge in [0.1, 0.15) is 5.78 Å². The highest BCUT2D eigenvalue weighted by Crippen LogP contribution is 2.68. The van der Waals surface area contributed by atoms with E-state index in [1.165, 1.54) is 0 Å². The standard InChI is InChI=1S/C23H38O3/c1-14(2)12-21(5)13-18(24)22(6)15(3)8-10-23(16(4)20(21)25)11-9-17(26-7)19(22)23/h15-19,24H,1,8-13H2,2-7H3/t15-,16+,17?,18-,19?,21-,22+,23?/m1/s1. The molecule has 0 spiro atoms. The molecule has 3 unspecified atom stereocenters. The maximum Gasteiger partial charge on any atom is 0.142 e. The summed E-state index contributed by atoms with van der Waals surface area (Å²) in [5.41, 5.74) is 0.267. The fourth-order valence-corrected chi connectivity index (χ4v) is 7.35. The van der Waals surface area contributed by atoms with Crippen LogP contribution in [0.2, 0.25) is 0 Å². The lowest BCUT2D eigenvalue weighted by Gasteiger charge is -2.61. The van der Waals surface area contributed by atoms with Gasteiger partial charge >= 0.3 is 0 Å².